The third-order valence-corrected chi connectivity index (χ3v) is 2.91. The molecule has 1 aromatic heterocycles. The molecule has 0 N–H and O–H groups in total. The highest BCUT2D eigenvalue weighted by Gasteiger charge is 2.10. The minimum atomic E-state index is -0.258. The van der Waals surface area contributed by atoms with Gasteiger partial charge >= 0.3 is 0 Å². The molecule has 0 fully saturated rings. The lowest BCUT2D eigenvalue weighted by Crippen LogP contribution is -2.19. The van der Waals surface area contributed by atoms with E-state index in [1.54, 1.807) is 14.2 Å². The highest BCUT2D eigenvalue weighted by molar-refractivity contribution is 6.35. The summed E-state index contributed by atoms with van der Waals surface area (Å²) in [6.45, 7) is 0.625. The Morgan fingerprint density at radius 2 is 1.94 bits per heavy atom. The number of para-hydroxylation sites is 1. The molecule has 0 aliphatic rings. The number of fused-ring (bicyclic) bond motifs is 1. The molecule has 1 heterocycles. The van der Waals surface area contributed by atoms with Crippen LogP contribution in [0.3, 0.4) is 0 Å². The molecular weight excluding hydrogens is 226 g/mol. The Bertz CT molecular complexity index is 477. The summed E-state index contributed by atoms with van der Waals surface area (Å²) in [5.41, 5.74) is 1.09. The standard InChI is InChI=1S/C12H14ClNO2/c1-15-12(16-2)8-14-7-10(13)9-5-3-4-6-11(9)14/h3-7,12H,8H2,1-2H3. The maximum absolute atomic E-state index is 6.15. The lowest BCUT2D eigenvalue weighted by atomic mass is 10.2. The molecule has 0 aliphatic carbocycles. The minimum absolute atomic E-state index is 0.258. The predicted molar refractivity (Wildman–Crippen MR) is 64.8 cm³/mol. The summed E-state index contributed by atoms with van der Waals surface area (Å²) in [5, 5.41) is 1.80. The molecule has 2 aromatic rings. The van der Waals surface area contributed by atoms with Gasteiger partial charge in [0.1, 0.15) is 0 Å². The molecule has 0 amide bonds. The summed E-state index contributed by atoms with van der Waals surface area (Å²) < 4.78 is 12.4. The molecule has 0 saturated carbocycles. The molecule has 0 radical (unpaired) electrons. The summed E-state index contributed by atoms with van der Waals surface area (Å²) in [7, 11) is 3.25. The van der Waals surface area contributed by atoms with Crippen LogP contribution in [0.25, 0.3) is 10.9 Å². The van der Waals surface area contributed by atoms with Crippen molar-refractivity contribution in [1.29, 1.82) is 0 Å². The van der Waals surface area contributed by atoms with Gasteiger partial charge in [0.2, 0.25) is 0 Å². The zero-order chi connectivity index (χ0) is 11.5. The normalized spacial score (nSPS) is 11.5. The first-order chi connectivity index (χ1) is 7.76. The highest BCUT2D eigenvalue weighted by atomic mass is 35.5. The molecule has 2 rings (SSSR count). The van der Waals surface area contributed by atoms with E-state index in [9.17, 15) is 0 Å². The molecule has 0 unspecified atom stereocenters. The molecule has 0 bridgehead atoms. The zero-order valence-electron chi connectivity index (χ0n) is 9.31. The number of nitrogens with zero attached hydrogens (tertiary/aromatic N) is 1. The van der Waals surface area contributed by atoms with Crippen LogP contribution in [-0.2, 0) is 16.0 Å². The van der Waals surface area contributed by atoms with E-state index in [0.29, 0.717) is 6.54 Å². The van der Waals surface area contributed by atoms with Gasteiger partial charge in [0.25, 0.3) is 0 Å². The lowest BCUT2D eigenvalue weighted by Gasteiger charge is -2.14. The van der Waals surface area contributed by atoms with Crippen molar-refractivity contribution in [2.75, 3.05) is 14.2 Å². The smallest absolute Gasteiger partial charge is 0.174 e. The number of hydrogen-bond donors (Lipinski definition) is 0. The fourth-order valence-electron chi connectivity index (χ4n) is 1.76. The van der Waals surface area contributed by atoms with Gasteiger partial charge in [-0.15, -0.1) is 0 Å². The topological polar surface area (TPSA) is 23.4 Å². The maximum atomic E-state index is 6.15. The summed E-state index contributed by atoms with van der Waals surface area (Å²) in [6.07, 6.45) is 1.64. The van der Waals surface area contributed by atoms with Gasteiger partial charge in [0.15, 0.2) is 6.29 Å². The van der Waals surface area contributed by atoms with Crippen LogP contribution < -0.4 is 0 Å². The molecule has 0 saturated heterocycles. The number of methoxy groups -OCH3 is 2. The first kappa shape index (κ1) is 11.5. The fourth-order valence-corrected chi connectivity index (χ4v) is 2.04. The van der Waals surface area contributed by atoms with Crippen molar-refractivity contribution in [3.05, 3.63) is 35.5 Å². The van der Waals surface area contributed by atoms with E-state index in [-0.39, 0.29) is 6.29 Å². The van der Waals surface area contributed by atoms with Crippen molar-refractivity contribution >= 4 is 22.5 Å². The Hall–Kier alpha value is -1.03. The van der Waals surface area contributed by atoms with Gasteiger partial charge in [-0.25, -0.2) is 0 Å². The summed E-state index contributed by atoms with van der Waals surface area (Å²) in [5.74, 6) is 0. The first-order valence-corrected chi connectivity index (χ1v) is 5.43. The molecule has 1 aromatic carbocycles. The largest absolute Gasteiger partial charge is 0.354 e. The summed E-state index contributed by atoms with van der Waals surface area (Å²) in [6, 6.07) is 8.00. The van der Waals surface area contributed by atoms with Gasteiger partial charge in [0.05, 0.1) is 11.6 Å². The van der Waals surface area contributed by atoms with E-state index >= 15 is 0 Å². The molecule has 4 heteroatoms. The molecule has 0 atom stereocenters. The number of benzene rings is 1. The van der Waals surface area contributed by atoms with Crippen LogP contribution in [0.4, 0.5) is 0 Å². The second-order valence-corrected chi connectivity index (χ2v) is 3.95. The van der Waals surface area contributed by atoms with Crippen LogP contribution in [0.1, 0.15) is 0 Å². The average molecular weight is 240 g/mol. The van der Waals surface area contributed by atoms with Crippen molar-refractivity contribution < 1.29 is 9.47 Å². The number of rotatable bonds is 4. The highest BCUT2D eigenvalue weighted by Crippen LogP contribution is 2.25. The van der Waals surface area contributed by atoms with Gasteiger partial charge in [-0.1, -0.05) is 29.8 Å². The van der Waals surface area contributed by atoms with Crippen LogP contribution in [0.15, 0.2) is 30.5 Å². The molecule has 86 valence electrons. The van der Waals surface area contributed by atoms with E-state index in [1.807, 2.05) is 35.0 Å². The predicted octanol–water partition coefficient (Wildman–Crippen LogP) is 2.91. The SMILES string of the molecule is COC(Cn1cc(Cl)c2ccccc21)OC. The Kier molecular flexibility index (Phi) is 3.49. The van der Waals surface area contributed by atoms with E-state index < -0.39 is 0 Å². The number of aromatic nitrogens is 1. The maximum Gasteiger partial charge on any atom is 0.174 e. The van der Waals surface area contributed by atoms with E-state index in [0.717, 1.165) is 15.9 Å². The van der Waals surface area contributed by atoms with Crippen LogP contribution in [-0.4, -0.2) is 25.1 Å². The Morgan fingerprint density at radius 1 is 1.25 bits per heavy atom. The second kappa shape index (κ2) is 4.87. The molecular formula is C12H14ClNO2. The average Bonchev–Trinajstić information content (AvgIpc) is 2.64. The van der Waals surface area contributed by atoms with E-state index in [2.05, 4.69) is 0 Å². The molecule has 0 spiro atoms. The quantitative estimate of drug-likeness (QED) is 0.766. The monoisotopic (exact) mass is 239 g/mol. The van der Waals surface area contributed by atoms with Gasteiger partial charge in [0, 0.05) is 31.3 Å². The van der Waals surface area contributed by atoms with Gasteiger partial charge in [-0.2, -0.15) is 0 Å². The van der Waals surface area contributed by atoms with Crippen molar-refractivity contribution in [3.63, 3.8) is 0 Å². The van der Waals surface area contributed by atoms with Crippen LogP contribution in [0.5, 0.6) is 0 Å². The van der Waals surface area contributed by atoms with Gasteiger partial charge < -0.3 is 14.0 Å². The molecule has 3 nitrogen and oxygen atoms in total. The molecule has 0 aliphatic heterocycles. The number of halogens is 1. The van der Waals surface area contributed by atoms with E-state index in [1.165, 1.54) is 0 Å². The number of hydrogen-bond acceptors (Lipinski definition) is 2. The number of ether oxygens (including phenoxy) is 2. The third kappa shape index (κ3) is 2.07. The fraction of sp³-hybridized carbons (Fsp3) is 0.333. The minimum Gasteiger partial charge on any atom is -0.354 e. The Labute approximate surface area is 99.5 Å². The van der Waals surface area contributed by atoms with Crippen molar-refractivity contribution in [2.45, 2.75) is 12.8 Å². The third-order valence-electron chi connectivity index (χ3n) is 2.61. The summed E-state index contributed by atoms with van der Waals surface area (Å²) >= 11 is 6.15. The van der Waals surface area contributed by atoms with Crippen molar-refractivity contribution in [1.82, 2.24) is 4.57 Å². The Morgan fingerprint density at radius 3 is 2.62 bits per heavy atom. The van der Waals surface area contributed by atoms with Crippen LogP contribution >= 0.6 is 11.6 Å². The van der Waals surface area contributed by atoms with Gasteiger partial charge in [-0.3, -0.25) is 0 Å². The first-order valence-electron chi connectivity index (χ1n) is 5.05. The van der Waals surface area contributed by atoms with Crippen LogP contribution in [0.2, 0.25) is 5.02 Å². The second-order valence-electron chi connectivity index (χ2n) is 3.55. The van der Waals surface area contributed by atoms with Crippen LogP contribution in [0, 0.1) is 0 Å². The molecule has 16 heavy (non-hydrogen) atoms. The van der Waals surface area contributed by atoms with Crippen molar-refractivity contribution in [3.8, 4) is 0 Å². The Balaban J connectivity index is 2.37. The van der Waals surface area contributed by atoms with Gasteiger partial charge in [-0.05, 0) is 6.07 Å². The van der Waals surface area contributed by atoms with Crippen molar-refractivity contribution in [2.24, 2.45) is 0 Å². The zero-order valence-corrected chi connectivity index (χ0v) is 10.1. The van der Waals surface area contributed by atoms with E-state index in [4.69, 9.17) is 21.1 Å². The lowest BCUT2D eigenvalue weighted by molar-refractivity contribution is -0.110. The summed E-state index contributed by atoms with van der Waals surface area (Å²) in [4.78, 5) is 0.